The molecule has 1 atom stereocenters. The molecule has 0 saturated heterocycles. The largest absolute Gasteiger partial charge is 0.373 e. The smallest absolute Gasteiger partial charge is 0.346 e. The molecule has 1 amide bonds. The third kappa shape index (κ3) is 6.50. The second-order valence-electron chi connectivity index (χ2n) is 8.61. The number of aromatic nitrogens is 1. The number of halogens is 1. The Morgan fingerprint density at radius 3 is 2.19 bits per heavy atom. The van der Waals surface area contributed by atoms with Crippen LogP contribution in [0, 0.1) is 0 Å². The highest BCUT2D eigenvalue weighted by Gasteiger charge is 2.13. The maximum absolute atomic E-state index is 12.9. The molecule has 1 heterocycles. The first-order valence-electron chi connectivity index (χ1n) is 11.8. The zero-order valence-corrected chi connectivity index (χ0v) is 21.8. The summed E-state index contributed by atoms with van der Waals surface area (Å²) in [6.45, 7) is 2.78. The monoisotopic (exact) mass is 552 g/mol. The molecule has 5 nitrogen and oxygen atoms in total. The average molecular weight is 553 g/mol. The summed E-state index contributed by atoms with van der Waals surface area (Å²) < 4.78 is 3.25. The van der Waals surface area contributed by atoms with Crippen LogP contribution >= 0.6 is 15.9 Å². The predicted molar refractivity (Wildman–Crippen MR) is 148 cm³/mol. The van der Waals surface area contributed by atoms with Gasteiger partial charge in [0.15, 0.2) is 0 Å². The molecule has 0 aliphatic rings. The van der Waals surface area contributed by atoms with Gasteiger partial charge in [0.05, 0.1) is 6.04 Å². The third-order valence-corrected chi connectivity index (χ3v) is 6.69. The molecular weight excluding hydrogens is 528 g/mol. The molecule has 6 heteroatoms. The minimum Gasteiger partial charge on any atom is -0.346 e. The minimum atomic E-state index is -0.0697. The molecule has 0 aliphatic carbocycles. The van der Waals surface area contributed by atoms with E-state index in [4.69, 9.17) is 9.59 Å². The van der Waals surface area contributed by atoms with E-state index in [2.05, 4.69) is 86.6 Å². The molecule has 4 aromatic carbocycles. The van der Waals surface area contributed by atoms with Crippen molar-refractivity contribution in [3.05, 3.63) is 130 Å². The third-order valence-electron chi connectivity index (χ3n) is 6.16. The Kier molecular flexibility index (Phi) is 8.47. The van der Waals surface area contributed by atoms with Gasteiger partial charge in [-0.2, -0.15) is 9.59 Å². The second kappa shape index (κ2) is 12.1. The molecule has 0 saturated carbocycles. The van der Waals surface area contributed by atoms with Crippen LogP contribution in [0.4, 0.5) is 0 Å². The predicted octanol–water partition coefficient (Wildman–Crippen LogP) is 7.03. The molecule has 5 aromatic rings. The van der Waals surface area contributed by atoms with Crippen LogP contribution in [0.3, 0.4) is 0 Å². The molecule has 184 valence electrons. The molecule has 1 N–H and O–H groups in total. The van der Waals surface area contributed by atoms with Crippen LogP contribution < -0.4 is 5.32 Å². The van der Waals surface area contributed by atoms with E-state index in [1.807, 2.05) is 55.5 Å². The topological polar surface area (TPSA) is 68.2 Å². The second-order valence-corrected chi connectivity index (χ2v) is 9.53. The molecule has 0 spiro atoms. The van der Waals surface area contributed by atoms with Gasteiger partial charge in [-0.05, 0) is 65.6 Å². The fourth-order valence-electron chi connectivity index (χ4n) is 4.22. The lowest BCUT2D eigenvalue weighted by molar-refractivity contribution is -0.191. The average Bonchev–Trinajstić information content (AvgIpc) is 3.32. The summed E-state index contributed by atoms with van der Waals surface area (Å²) in [6.07, 6.45) is 2.34. The molecule has 1 aromatic heterocycles. The van der Waals surface area contributed by atoms with Crippen molar-refractivity contribution in [1.29, 1.82) is 0 Å². The van der Waals surface area contributed by atoms with Crippen molar-refractivity contribution >= 4 is 38.9 Å². The number of carbonyl (C=O) groups is 1. The summed E-state index contributed by atoms with van der Waals surface area (Å²) in [7, 11) is 0. The van der Waals surface area contributed by atoms with Crippen LogP contribution in [0.25, 0.3) is 22.0 Å². The summed E-state index contributed by atoms with van der Waals surface area (Å²) in [5.41, 5.74) is 6.53. The first kappa shape index (κ1) is 25.8. The Morgan fingerprint density at radius 2 is 1.51 bits per heavy atom. The van der Waals surface area contributed by atoms with Crippen LogP contribution in [-0.2, 0) is 16.1 Å². The molecular formula is C31H25BrN2O3. The minimum absolute atomic E-state index is 0.0680. The zero-order chi connectivity index (χ0) is 26.2. The zero-order valence-electron chi connectivity index (χ0n) is 20.2. The van der Waals surface area contributed by atoms with Crippen molar-refractivity contribution < 1.29 is 14.4 Å². The maximum atomic E-state index is 12.9. The summed E-state index contributed by atoms with van der Waals surface area (Å²) in [5.74, 6) is -0.0680. The molecule has 0 fully saturated rings. The van der Waals surface area contributed by atoms with Crippen LogP contribution in [-0.4, -0.2) is 16.6 Å². The van der Waals surface area contributed by atoms with E-state index < -0.39 is 0 Å². The van der Waals surface area contributed by atoms with Gasteiger partial charge in [0.25, 0.3) is 5.91 Å². The lowest BCUT2D eigenvalue weighted by Gasteiger charge is -2.15. The Balaban J connectivity index is 0.00000102. The normalized spacial score (nSPS) is 11.2. The van der Waals surface area contributed by atoms with Gasteiger partial charge in [-0.15, -0.1) is 0 Å². The van der Waals surface area contributed by atoms with E-state index in [9.17, 15) is 4.79 Å². The van der Waals surface area contributed by atoms with Gasteiger partial charge in [-0.3, -0.25) is 4.79 Å². The molecule has 37 heavy (non-hydrogen) atoms. The Bertz CT molecular complexity index is 1520. The van der Waals surface area contributed by atoms with Gasteiger partial charge in [-0.1, -0.05) is 82.7 Å². The highest BCUT2D eigenvalue weighted by atomic mass is 79.9. The van der Waals surface area contributed by atoms with Gasteiger partial charge in [-0.25, -0.2) is 0 Å². The fraction of sp³-hybridized carbons (Fsp3) is 0.0968. The Morgan fingerprint density at radius 1 is 0.865 bits per heavy atom. The Hall–Kier alpha value is -4.25. The van der Waals surface area contributed by atoms with E-state index in [0.717, 1.165) is 27.5 Å². The van der Waals surface area contributed by atoms with E-state index in [-0.39, 0.29) is 18.1 Å². The first-order chi connectivity index (χ1) is 18.0. The molecule has 0 bridgehead atoms. The lowest BCUT2D eigenvalue weighted by atomic mass is 10.0. The molecule has 0 aliphatic heterocycles. The van der Waals surface area contributed by atoms with Gasteiger partial charge < -0.3 is 9.88 Å². The summed E-state index contributed by atoms with van der Waals surface area (Å²) in [4.78, 5) is 29.1. The molecule has 0 unspecified atom stereocenters. The van der Waals surface area contributed by atoms with Crippen LogP contribution in [0.1, 0.15) is 34.5 Å². The van der Waals surface area contributed by atoms with Gasteiger partial charge in [0.1, 0.15) is 0 Å². The van der Waals surface area contributed by atoms with Gasteiger partial charge in [0.2, 0.25) is 0 Å². The fourth-order valence-corrected chi connectivity index (χ4v) is 4.49. The number of benzene rings is 4. The van der Waals surface area contributed by atoms with Crippen molar-refractivity contribution in [2.24, 2.45) is 0 Å². The van der Waals surface area contributed by atoms with Crippen molar-refractivity contribution in [1.82, 2.24) is 9.88 Å². The van der Waals surface area contributed by atoms with E-state index in [1.54, 1.807) is 0 Å². The maximum Gasteiger partial charge on any atom is 0.373 e. The molecule has 0 radical (unpaired) electrons. The number of rotatable bonds is 6. The van der Waals surface area contributed by atoms with Crippen LogP contribution in [0.15, 0.2) is 114 Å². The van der Waals surface area contributed by atoms with Crippen molar-refractivity contribution in [3.63, 3.8) is 0 Å². The van der Waals surface area contributed by atoms with Crippen molar-refractivity contribution in [3.8, 4) is 11.1 Å². The summed E-state index contributed by atoms with van der Waals surface area (Å²) in [6, 6.07) is 35.0. The number of hydrogen-bond donors (Lipinski definition) is 1. The lowest BCUT2D eigenvalue weighted by Crippen LogP contribution is -2.26. The first-order valence-corrected chi connectivity index (χ1v) is 12.6. The standard InChI is InChI=1S/C30H25BrN2O.CO2/c1-21(23-11-14-28(31)15-12-23)32-30(34)27-13-16-29-26(19-27)17-18-33(29)20-22-7-9-25(10-8-22)24-5-3-2-4-6-24;2-1-3/h2-19,21H,20H2,1H3,(H,32,34);/t21-;/m0./s1. The Labute approximate surface area is 223 Å². The van der Waals surface area contributed by atoms with Gasteiger partial charge >= 0.3 is 6.15 Å². The number of nitrogens with one attached hydrogen (secondary N) is 1. The SMILES string of the molecule is C[C@H](NC(=O)c1ccc2c(ccn2Cc2ccc(-c3ccccc3)cc2)c1)c1ccc(Br)cc1.O=C=O. The number of nitrogens with zero attached hydrogens (tertiary/aromatic N) is 1. The summed E-state index contributed by atoms with van der Waals surface area (Å²) >= 11 is 3.45. The van der Waals surface area contributed by atoms with Crippen LogP contribution in [0.5, 0.6) is 0 Å². The summed E-state index contributed by atoms with van der Waals surface area (Å²) in [5, 5.41) is 4.16. The van der Waals surface area contributed by atoms with Crippen LogP contribution in [0.2, 0.25) is 0 Å². The highest BCUT2D eigenvalue weighted by Crippen LogP contribution is 2.23. The highest BCUT2D eigenvalue weighted by molar-refractivity contribution is 9.10. The van der Waals surface area contributed by atoms with Gasteiger partial charge in [0, 0.05) is 33.7 Å². The number of carbonyl (C=O) groups excluding carboxylic acids is 3. The number of amides is 1. The van der Waals surface area contributed by atoms with Crippen molar-refractivity contribution in [2.75, 3.05) is 0 Å². The van der Waals surface area contributed by atoms with E-state index in [0.29, 0.717) is 5.56 Å². The number of hydrogen-bond acceptors (Lipinski definition) is 3. The number of fused-ring (bicyclic) bond motifs is 1. The quantitative estimate of drug-likeness (QED) is 0.246. The molecule has 5 rings (SSSR count). The van der Waals surface area contributed by atoms with E-state index >= 15 is 0 Å². The van der Waals surface area contributed by atoms with Crippen molar-refractivity contribution in [2.45, 2.75) is 19.5 Å². The van der Waals surface area contributed by atoms with E-state index in [1.165, 1.54) is 16.7 Å².